The van der Waals surface area contributed by atoms with Crippen LogP contribution in [-0.2, 0) is 0 Å². The number of nitrogens with zero attached hydrogens (tertiary/aromatic N) is 1. The van der Waals surface area contributed by atoms with E-state index in [-0.39, 0.29) is 6.04 Å². The highest BCUT2D eigenvalue weighted by Gasteiger charge is 2.16. The Hall–Kier alpha value is -1.04. The van der Waals surface area contributed by atoms with E-state index in [1.165, 1.54) is 10.5 Å². The third-order valence-electron chi connectivity index (χ3n) is 2.72. The van der Waals surface area contributed by atoms with Crippen molar-refractivity contribution in [3.63, 3.8) is 0 Å². The predicted molar refractivity (Wildman–Crippen MR) is 76.7 cm³/mol. The monoisotopic (exact) mass is 280 g/mol. The second-order valence-electron chi connectivity index (χ2n) is 3.78. The van der Waals surface area contributed by atoms with Crippen molar-refractivity contribution in [3.8, 4) is 5.75 Å². The Morgan fingerprint density at radius 3 is 2.89 bits per heavy atom. The first-order chi connectivity index (χ1) is 8.76. The standard InChI is InChI=1S/C13H16N2OS2/c1-9(14-2)12-10(16-3)5-4-6-11(12)18-13-15-7-8-17-13/h4-9,14H,1-3H3. The van der Waals surface area contributed by atoms with Gasteiger partial charge in [-0.25, -0.2) is 4.98 Å². The number of methoxy groups -OCH3 is 1. The Morgan fingerprint density at radius 1 is 1.44 bits per heavy atom. The van der Waals surface area contributed by atoms with Gasteiger partial charge in [-0.2, -0.15) is 0 Å². The number of hydrogen-bond acceptors (Lipinski definition) is 5. The van der Waals surface area contributed by atoms with Crippen LogP contribution in [0, 0.1) is 0 Å². The molecule has 3 nitrogen and oxygen atoms in total. The van der Waals surface area contributed by atoms with E-state index in [9.17, 15) is 0 Å². The predicted octanol–water partition coefficient (Wildman–Crippen LogP) is 3.58. The molecule has 1 heterocycles. The fourth-order valence-electron chi connectivity index (χ4n) is 1.72. The summed E-state index contributed by atoms with van der Waals surface area (Å²) in [7, 11) is 3.66. The molecule has 0 radical (unpaired) electrons. The minimum absolute atomic E-state index is 0.239. The topological polar surface area (TPSA) is 34.1 Å². The Balaban J connectivity index is 2.39. The van der Waals surface area contributed by atoms with Crippen molar-refractivity contribution in [2.45, 2.75) is 22.2 Å². The highest BCUT2D eigenvalue weighted by atomic mass is 32.2. The molecule has 1 N–H and O–H groups in total. The summed E-state index contributed by atoms with van der Waals surface area (Å²) in [5, 5.41) is 5.26. The van der Waals surface area contributed by atoms with Gasteiger partial charge in [0.1, 0.15) is 5.75 Å². The minimum Gasteiger partial charge on any atom is -0.496 e. The maximum Gasteiger partial charge on any atom is 0.154 e. The van der Waals surface area contributed by atoms with Gasteiger partial charge < -0.3 is 10.1 Å². The summed E-state index contributed by atoms with van der Waals surface area (Å²) in [6.07, 6.45) is 1.83. The van der Waals surface area contributed by atoms with Crippen molar-refractivity contribution in [2.75, 3.05) is 14.2 Å². The zero-order chi connectivity index (χ0) is 13.0. The van der Waals surface area contributed by atoms with Crippen LogP contribution < -0.4 is 10.1 Å². The lowest BCUT2D eigenvalue weighted by molar-refractivity contribution is 0.401. The second-order valence-corrected chi connectivity index (χ2v) is 5.97. The molecule has 1 aromatic carbocycles. The van der Waals surface area contributed by atoms with Gasteiger partial charge in [-0.1, -0.05) is 17.8 Å². The number of thiazole rings is 1. The summed E-state index contributed by atoms with van der Waals surface area (Å²) in [6, 6.07) is 6.36. The SMILES string of the molecule is CNC(C)c1c(OC)cccc1Sc1nccs1. The molecule has 0 spiro atoms. The summed E-state index contributed by atoms with van der Waals surface area (Å²) < 4.78 is 6.51. The maximum absolute atomic E-state index is 5.46. The quantitative estimate of drug-likeness (QED) is 0.907. The van der Waals surface area contributed by atoms with Crippen LogP contribution in [0.3, 0.4) is 0 Å². The number of aromatic nitrogens is 1. The molecule has 1 aromatic heterocycles. The third-order valence-corrected chi connectivity index (χ3v) is 4.68. The largest absolute Gasteiger partial charge is 0.496 e. The second kappa shape index (κ2) is 6.22. The van der Waals surface area contributed by atoms with Crippen LogP contribution in [0.4, 0.5) is 0 Å². The average Bonchev–Trinajstić information content (AvgIpc) is 2.90. The molecule has 0 aliphatic heterocycles. The van der Waals surface area contributed by atoms with Crippen molar-refractivity contribution in [3.05, 3.63) is 35.3 Å². The smallest absolute Gasteiger partial charge is 0.154 e. The molecule has 2 rings (SSSR count). The Labute approximate surface area is 116 Å². The number of hydrogen-bond donors (Lipinski definition) is 1. The van der Waals surface area contributed by atoms with Crippen molar-refractivity contribution in [2.24, 2.45) is 0 Å². The van der Waals surface area contributed by atoms with E-state index in [1.54, 1.807) is 30.2 Å². The van der Waals surface area contributed by atoms with E-state index >= 15 is 0 Å². The van der Waals surface area contributed by atoms with Crippen molar-refractivity contribution >= 4 is 23.1 Å². The highest BCUT2D eigenvalue weighted by Crippen LogP contribution is 2.38. The van der Waals surface area contributed by atoms with Crippen LogP contribution in [0.15, 0.2) is 39.0 Å². The molecular formula is C13H16N2OS2. The van der Waals surface area contributed by atoms with Gasteiger partial charge in [0.25, 0.3) is 0 Å². The van der Waals surface area contributed by atoms with E-state index in [0.717, 1.165) is 10.1 Å². The molecule has 96 valence electrons. The van der Waals surface area contributed by atoms with Gasteiger partial charge in [0.15, 0.2) is 4.34 Å². The molecule has 0 saturated carbocycles. The Bertz CT molecular complexity index is 500. The van der Waals surface area contributed by atoms with E-state index in [2.05, 4.69) is 23.3 Å². The Kier molecular flexibility index (Phi) is 4.63. The van der Waals surface area contributed by atoms with Crippen LogP contribution in [0.5, 0.6) is 5.75 Å². The van der Waals surface area contributed by atoms with Crippen molar-refractivity contribution < 1.29 is 4.74 Å². The first-order valence-corrected chi connectivity index (χ1v) is 7.37. The lowest BCUT2D eigenvalue weighted by Gasteiger charge is -2.18. The number of benzene rings is 1. The summed E-state index contributed by atoms with van der Waals surface area (Å²) in [4.78, 5) is 5.50. The average molecular weight is 280 g/mol. The molecule has 5 heteroatoms. The molecule has 0 fully saturated rings. The summed E-state index contributed by atoms with van der Waals surface area (Å²) in [5.41, 5.74) is 1.18. The Morgan fingerprint density at radius 2 is 2.28 bits per heavy atom. The van der Waals surface area contributed by atoms with Crippen LogP contribution in [-0.4, -0.2) is 19.1 Å². The highest BCUT2D eigenvalue weighted by molar-refractivity contribution is 8.01. The summed E-state index contributed by atoms with van der Waals surface area (Å²) in [6.45, 7) is 2.13. The van der Waals surface area contributed by atoms with Crippen molar-refractivity contribution in [1.82, 2.24) is 10.3 Å². The van der Waals surface area contributed by atoms with Gasteiger partial charge in [0.2, 0.25) is 0 Å². The molecule has 0 bridgehead atoms. The van der Waals surface area contributed by atoms with Crippen LogP contribution in [0.2, 0.25) is 0 Å². The van der Waals surface area contributed by atoms with Crippen LogP contribution in [0.1, 0.15) is 18.5 Å². The molecule has 0 saturated heterocycles. The van der Waals surface area contributed by atoms with E-state index in [0.29, 0.717) is 0 Å². The first kappa shape index (κ1) is 13.4. The van der Waals surface area contributed by atoms with E-state index in [4.69, 9.17) is 4.74 Å². The van der Waals surface area contributed by atoms with Crippen molar-refractivity contribution in [1.29, 1.82) is 0 Å². The van der Waals surface area contributed by atoms with Crippen LogP contribution >= 0.6 is 23.1 Å². The third kappa shape index (κ3) is 2.85. The minimum atomic E-state index is 0.239. The van der Waals surface area contributed by atoms with Gasteiger partial charge in [-0.15, -0.1) is 11.3 Å². The molecular weight excluding hydrogens is 264 g/mol. The van der Waals surface area contributed by atoms with Gasteiger partial charge in [-0.3, -0.25) is 0 Å². The molecule has 0 amide bonds. The zero-order valence-electron chi connectivity index (χ0n) is 10.6. The normalized spacial score (nSPS) is 12.4. The van der Waals surface area contributed by atoms with Gasteiger partial charge >= 0.3 is 0 Å². The molecule has 0 aliphatic rings. The first-order valence-electron chi connectivity index (χ1n) is 5.67. The van der Waals surface area contributed by atoms with E-state index in [1.807, 2.05) is 30.8 Å². The van der Waals surface area contributed by atoms with Gasteiger partial charge in [0, 0.05) is 28.1 Å². The number of ether oxygens (including phenoxy) is 1. The molecule has 0 aliphatic carbocycles. The summed E-state index contributed by atoms with van der Waals surface area (Å²) in [5.74, 6) is 0.915. The summed E-state index contributed by atoms with van der Waals surface area (Å²) >= 11 is 3.33. The molecule has 18 heavy (non-hydrogen) atoms. The number of nitrogens with one attached hydrogen (secondary N) is 1. The maximum atomic E-state index is 5.46. The van der Waals surface area contributed by atoms with E-state index < -0.39 is 0 Å². The fraction of sp³-hybridized carbons (Fsp3) is 0.308. The lowest BCUT2D eigenvalue weighted by Crippen LogP contribution is -2.14. The number of rotatable bonds is 5. The molecule has 1 atom stereocenters. The lowest BCUT2D eigenvalue weighted by atomic mass is 10.1. The fourth-order valence-corrected chi connectivity index (χ4v) is 3.54. The van der Waals surface area contributed by atoms with Gasteiger partial charge in [-0.05, 0) is 26.1 Å². The van der Waals surface area contributed by atoms with Gasteiger partial charge in [0.05, 0.1) is 7.11 Å². The van der Waals surface area contributed by atoms with Crippen LogP contribution in [0.25, 0.3) is 0 Å². The molecule has 1 unspecified atom stereocenters. The molecule has 2 aromatic rings. The zero-order valence-corrected chi connectivity index (χ0v) is 12.3.